The number of hydrogen-bond acceptors (Lipinski definition) is 4. The fourth-order valence-electron chi connectivity index (χ4n) is 1.75. The Balaban J connectivity index is 2.13. The van der Waals surface area contributed by atoms with Gasteiger partial charge in [0.15, 0.2) is 5.12 Å². The second-order valence-corrected chi connectivity index (χ2v) is 5.69. The van der Waals surface area contributed by atoms with Crippen molar-refractivity contribution < 1.29 is 9.59 Å². The van der Waals surface area contributed by atoms with Crippen LogP contribution in [0.2, 0.25) is 5.02 Å². The van der Waals surface area contributed by atoms with Crippen LogP contribution in [0.5, 0.6) is 0 Å². The van der Waals surface area contributed by atoms with Crippen molar-refractivity contribution in [2.24, 2.45) is 0 Å². The summed E-state index contributed by atoms with van der Waals surface area (Å²) >= 11 is 7.06. The van der Waals surface area contributed by atoms with Gasteiger partial charge in [-0.1, -0.05) is 23.4 Å². The molecule has 1 unspecified atom stereocenters. The summed E-state index contributed by atoms with van der Waals surface area (Å²) in [7, 11) is 0. The molecule has 1 aliphatic heterocycles. The molecule has 2 heterocycles. The minimum atomic E-state index is -0.0153. The van der Waals surface area contributed by atoms with Gasteiger partial charge in [0.05, 0.1) is 0 Å². The molecule has 1 aromatic heterocycles. The molecule has 0 N–H and O–H groups in total. The standard InChI is InChI=1S/C11H11ClN2O2S/c1-7(15)17-9-5-11(16)14(6-9)10-4-8(12)2-3-13-10/h2-4,9H,5-6H2,1H3. The average Bonchev–Trinajstić information content (AvgIpc) is 2.58. The van der Waals surface area contributed by atoms with Crippen LogP contribution in [0.3, 0.4) is 0 Å². The lowest BCUT2D eigenvalue weighted by Crippen LogP contribution is -2.25. The Bertz CT molecular complexity index is 467. The molecule has 0 saturated carbocycles. The van der Waals surface area contributed by atoms with E-state index in [9.17, 15) is 9.59 Å². The molecule has 0 radical (unpaired) electrons. The second-order valence-electron chi connectivity index (χ2n) is 3.77. The smallest absolute Gasteiger partial charge is 0.229 e. The molecule has 1 saturated heterocycles. The average molecular weight is 271 g/mol. The Morgan fingerprint density at radius 1 is 1.65 bits per heavy atom. The first-order valence-electron chi connectivity index (χ1n) is 5.15. The van der Waals surface area contributed by atoms with Gasteiger partial charge in [-0.3, -0.25) is 14.5 Å². The normalized spacial score (nSPS) is 19.8. The molecule has 6 heteroatoms. The largest absolute Gasteiger partial charge is 0.296 e. The van der Waals surface area contributed by atoms with E-state index in [1.807, 2.05) is 0 Å². The summed E-state index contributed by atoms with van der Waals surface area (Å²) in [6, 6.07) is 3.31. The van der Waals surface area contributed by atoms with Crippen LogP contribution in [-0.4, -0.2) is 27.8 Å². The zero-order chi connectivity index (χ0) is 12.4. The van der Waals surface area contributed by atoms with Gasteiger partial charge >= 0.3 is 0 Å². The lowest BCUT2D eigenvalue weighted by Gasteiger charge is -2.15. The van der Waals surface area contributed by atoms with E-state index >= 15 is 0 Å². The zero-order valence-electron chi connectivity index (χ0n) is 9.22. The molecule has 0 spiro atoms. The number of halogens is 1. The molecule has 1 aromatic rings. The number of carbonyl (C=O) groups is 2. The molecule has 90 valence electrons. The van der Waals surface area contributed by atoms with Gasteiger partial charge in [0.2, 0.25) is 5.91 Å². The summed E-state index contributed by atoms with van der Waals surface area (Å²) in [5, 5.41) is 0.593. The number of nitrogens with zero attached hydrogens (tertiary/aromatic N) is 2. The van der Waals surface area contributed by atoms with E-state index in [1.165, 1.54) is 18.7 Å². The van der Waals surface area contributed by atoms with Gasteiger partial charge in [0.1, 0.15) is 5.82 Å². The van der Waals surface area contributed by atoms with Crippen LogP contribution in [0.4, 0.5) is 5.82 Å². The van der Waals surface area contributed by atoms with Crippen molar-refractivity contribution in [3.05, 3.63) is 23.4 Å². The first-order valence-corrected chi connectivity index (χ1v) is 6.41. The predicted molar refractivity (Wildman–Crippen MR) is 68.3 cm³/mol. The summed E-state index contributed by atoms with van der Waals surface area (Å²) < 4.78 is 0. The molecule has 1 amide bonds. The predicted octanol–water partition coefficient (Wildman–Crippen LogP) is 2.12. The number of aromatic nitrogens is 1. The van der Waals surface area contributed by atoms with Crippen molar-refractivity contribution in [3.63, 3.8) is 0 Å². The van der Waals surface area contributed by atoms with Crippen LogP contribution in [0.25, 0.3) is 0 Å². The first kappa shape index (κ1) is 12.4. The molecular formula is C11H11ClN2O2S. The Morgan fingerprint density at radius 3 is 3.06 bits per heavy atom. The third-order valence-corrected chi connectivity index (χ3v) is 3.62. The topological polar surface area (TPSA) is 50.3 Å². The molecule has 0 aliphatic carbocycles. The molecule has 1 fully saturated rings. The van der Waals surface area contributed by atoms with Gasteiger partial charge < -0.3 is 0 Å². The lowest BCUT2D eigenvalue weighted by molar-refractivity contribution is -0.117. The van der Waals surface area contributed by atoms with Crippen molar-refractivity contribution in [1.82, 2.24) is 4.98 Å². The number of pyridine rings is 1. The molecule has 1 aliphatic rings. The summed E-state index contributed by atoms with van der Waals surface area (Å²) in [4.78, 5) is 28.5. The van der Waals surface area contributed by atoms with E-state index in [2.05, 4.69) is 4.98 Å². The minimum Gasteiger partial charge on any atom is -0.296 e. The van der Waals surface area contributed by atoms with Crippen molar-refractivity contribution in [2.45, 2.75) is 18.6 Å². The number of rotatable bonds is 2. The van der Waals surface area contributed by atoms with E-state index in [0.29, 0.717) is 23.8 Å². The van der Waals surface area contributed by atoms with Crippen LogP contribution in [0, 0.1) is 0 Å². The van der Waals surface area contributed by atoms with Crippen LogP contribution in [-0.2, 0) is 9.59 Å². The van der Waals surface area contributed by atoms with Crippen LogP contribution < -0.4 is 4.90 Å². The Morgan fingerprint density at radius 2 is 2.41 bits per heavy atom. The molecule has 0 aromatic carbocycles. The van der Waals surface area contributed by atoms with Gasteiger partial charge in [0, 0.05) is 36.4 Å². The molecule has 17 heavy (non-hydrogen) atoms. The Kier molecular flexibility index (Phi) is 3.69. The lowest BCUT2D eigenvalue weighted by atomic mass is 10.4. The first-order chi connectivity index (χ1) is 8.06. The third-order valence-electron chi connectivity index (χ3n) is 2.41. The van der Waals surface area contributed by atoms with Gasteiger partial charge in [-0.2, -0.15) is 0 Å². The number of thioether (sulfide) groups is 1. The zero-order valence-corrected chi connectivity index (χ0v) is 10.8. The highest BCUT2D eigenvalue weighted by atomic mass is 35.5. The summed E-state index contributed by atoms with van der Waals surface area (Å²) in [6.45, 7) is 2.02. The Hall–Kier alpha value is -1.07. The van der Waals surface area contributed by atoms with Crippen LogP contribution in [0.1, 0.15) is 13.3 Å². The molecular weight excluding hydrogens is 260 g/mol. The number of anilines is 1. The highest BCUT2D eigenvalue weighted by molar-refractivity contribution is 8.14. The van der Waals surface area contributed by atoms with Gasteiger partial charge in [-0.15, -0.1) is 0 Å². The molecule has 1 atom stereocenters. The van der Waals surface area contributed by atoms with E-state index < -0.39 is 0 Å². The van der Waals surface area contributed by atoms with Gasteiger partial charge in [0.25, 0.3) is 0 Å². The summed E-state index contributed by atoms with van der Waals surface area (Å²) in [5.41, 5.74) is 0. The van der Waals surface area contributed by atoms with E-state index in [4.69, 9.17) is 11.6 Å². The maximum absolute atomic E-state index is 11.8. The molecule has 2 rings (SSSR count). The highest BCUT2D eigenvalue weighted by Crippen LogP contribution is 2.28. The number of hydrogen-bond donors (Lipinski definition) is 0. The summed E-state index contributed by atoms with van der Waals surface area (Å²) in [5.74, 6) is 0.535. The fourth-order valence-corrected chi connectivity index (χ4v) is 2.82. The minimum absolute atomic E-state index is 0.0146. The van der Waals surface area contributed by atoms with E-state index in [1.54, 1.807) is 23.2 Å². The maximum atomic E-state index is 11.8. The van der Waals surface area contributed by atoms with E-state index in [-0.39, 0.29) is 16.3 Å². The van der Waals surface area contributed by atoms with Crippen molar-refractivity contribution >= 4 is 40.2 Å². The van der Waals surface area contributed by atoms with Gasteiger partial charge in [-0.25, -0.2) is 4.98 Å². The van der Waals surface area contributed by atoms with Crippen LogP contribution >= 0.6 is 23.4 Å². The Labute approximate surface area is 108 Å². The van der Waals surface area contributed by atoms with E-state index in [0.717, 1.165) is 0 Å². The van der Waals surface area contributed by atoms with Crippen LogP contribution in [0.15, 0.2) is 18.3 Å². The number of carbonyl (C=O) groups excluding carboxylic acids is 2. The SMILES string of the molecule is CC(=O)SC1CC(=O)N(c2cc(Cl)ccn2)C1. The monoisotopic (exact) mass is 270 g/mol. The van der Waals surface area contributed by atoms with Crippen molar-refractivity contribution in [2.75, 3.05) is 11.4 Å². The summed E-state index contributed by atoms with van der Waals surface area (Å²) in [6.07, 6.45) is 1.94. The fraction of sp³-hybridized carbons (Fsp3) is 0.364. The maximum Gasteiger partial charge on any atom is 0.229 e. The third kappa shape index (κ3) is 2.98. The van der Waals surface area contributed by atoms with Crippen molar-refractivity contribution in [1.29, 1.82) is 0 Å². The highest BCUT2D eigenvalue weighted by Gasteiger charge is 2.32. The number of amides is 1. The second kappa shape index (κ2) is 5.06. The quantitative estimate of drug-likeness (QED) is 0.826. The van der Waals surface area contributed by atoms with Gasteiger partial charge in [-0.05, 0) is 12.1 Å². The molecule has 0 bridgehead atoms. The van der Waals surface area contributed by atoms with Crippen molar-refractivity contribution in [3.8, 4) is 0 Å². The molecule has 4 nitrogen and oxygen atoms in total.